The zero-order valence-corrected chi connectivity index (χ0v) is 12.2. The Morgan fingerprint density at radius 1 is 0.818 bits per heavy atom. The lowest BCUT2D eigenvalue weighted by atomic mass is 10.0. The van der Waals surface area contributed by atoms with Crippen LogP contribution in [0.2, 0.25) is 0 Å². The molecule has 0 saturated carbocycles. The molecule has 0 aliphatic rings. The highest BCUT2D eigenvalue weighted by Gasteiger charge is 2.33. The zero-order chi connectivity index (χ0) is 16.5. The Hall–Kier alpha value is -1.70. The predicted octanol–water partition coefficient (Wildman–Crippen LogP) is 6.03. The third-order valence-electron chi connectivity index (χ3n) is 2.70. The van der Waals surface area contributed by atoms with E-state index in [9.17, 15) is 26.3 Å². The molecule has 2 aromatic rings. The van der Waals surface area contributed by atoms with Crippen molar-refractivity contribution in [1.82, 2.24) is 0 Å². The topological polar surface area (TPSA) is 9.23 Å². The second-order valence-electron chi connectivity index (χ2n) is 4.24. The van der Waals surface area contributed by atoms with Crippen molar-refractivity contribution in [3.8, 4) is 16.9 Å². The van der Waals surface area contributed by atoms with Crippen molar-refractivity contribution < 1.29 is 31.1 Å². The number of halogens is 7. The van der Waals surface area contributed by atoms with Gasteiger partial charge in [0.25, 0.3) is 0 Å². The average molecular weight is 385 g/mol. The number of para-hydroxylation sites is 1. The molecular weight excluding hydrogens is 378 g/mol. The van der Waals surface area contributed by atoms with Crippen molar-refractivity contribution >= 4 is 15.9 Å². The molecular formula is C14H7BrF6O. The van der Waals surface area contributed by atoms with E-state index in [0.29, 0.717) is 0 Å². The Kier molecular flexibility index (Phi) is 4.42. The fraction of sp³-hybridized carbons (Fsp3) is 0.143. The van der Waals surface area contributed by atoms with E-state index in [1.54, 1.807) is 0 Å². The number of hydrogen-bond acceptors (Lipinski definition) is 1. The van der Waals surface area contributed by atoms with Crippen LogP contribution in [-0.2, 0) is 6.18 Å². The van der Waals surface area contributed by atoms with E-state index in [4.69, 9.17) is 0 Å². The normalized spacial score (nSPS) is 12.3. The van der Waals surface area contributed by atoms with Gasteiger partial charge >= 0.3 is 12.5 Å². The molecule has 0 fully saturated rings. The maximum absolute atomic E-state index is 12.8. The molecule has 8 heteroatoms. The fourth-order valence-electron chi connectivity index (χ4n) is 1.81. The van der Waals surface area contributed by atoms with Crippen molar-refractivity contribution in [3.63, 3.8) is 0 Å². The SMILES string of the molecule is FC(F)(F)Oc1ccccc1-c1cc(C(F)(F)F)ccc1Br. The van der Waals surface area contributed by atoms with Crippen LogP contribution in [0.15, 0.2) is 46.9 Å². The Morgan fingerprint density at radius 2 is 1.45 bits per heavy atom. The number of alkyl halides is 6. The van der Waals surface area contributed by atoms with Crippen molar-refractivity contribution in [2.24, 2.45) is 0 Å². The first kappa shape index (κ1) is 16.7. The largest absolute Gasteiger partial charge is 0.573 e. The number of hydrogen-bond donors (Lipinski definition) is 0. The first-order chi connectivity index (χ1) is 10.1. The Labute approximate surface area is 129 Å². The minimum absolute atomic E-state index is 0.0466. The molecule has 0 aliphatic heterocycles. The molecule has 0 spiro atoms. The van der Waals surface area contributed by atoms with Crippen LogP contribution in [0, 0.1) is 0 Å². The van der Waals surface area contributed by atoms with E-state index in [1.165, 1.54) is 18.2 Å². The summed E-state index contributed by atoms with van der Waals surface area (Å²) in [5.74, 6) is -0.574. The van der Waals surface area contributed by atoms with Gasteiger partial charge in [-0.15, -0.1) is 13.2 Å². The summed E-state index contributed by atoms with van der Waals surface area (Å²) in [7, 11) is 0. The van der Waals surface area contributed by atoms with Crippen LogP contribution in [0.5, 0.6) is 5.75 Å². The molecule has 22 heavy (non-hydrogen) atoms. The van der Waals surface area contributed by atoms with Gasteiger partial charge in [-0.2, -0.15) is 13.2 Å². The molecule has 0 heterocycles. The van der Waals surface area contributed by atoms with Crippen LogP contribution in [0.25, 0.3) is 11.1 Å². The lowest BCUT2D eigenvalue weighted by Crippen LogP contribution is -2.17. The molecule has 1 nitrogen and oxygen atoms in total. The van der Waals surface area contributed by atoms with Gasteiger partial charge in [0, 0.05) is 15.6 Å². The molecule has 0 aromatic heterocycles. The van der Waals surface area contributed by atoms with Crippen molar-refractivity contribution in [2.45, 2.75) is 12.5 Å². The molecule has 118 valence electrons. The third-order valence-corrected chi connectivity index (χ3v) is 3.39. The van der Waals surface area contributed by atoms with Gasteiger partial charge in [0.05, 0.1) is 5.56 Å². The predicted molar refractivity (Wildman–Crippen MR) is 71.3 cm³/mol. The maximum atomic E-state index is 12.8. The minimum atomic E-state index is -4.94. The van der Waals surface area contributed by atoms with Gasteiger partial charge in [-0.1, -0.05) is 34.1 Å². The van der Waals surface area contributed by atoms with Crippen LogP contribution in [0.1, 0.15) is 5.56 Å². The molecule has 0 aliphatic carbocycles. The number of ether oxygens (including phenoxy) is 1. The van der Waals surface area contributed by atoms with Crippen molar-refractivity contribution in [2.75, 3.05) is 0 Å². The fourth-order valence-corrected chi connectivity index (χ4v) is 2.27. The molecule has 0 amide bonds. The monoisotopic (exact) mass is 384 g/mol. The second-order valence-corrected chi connectivity index (χ2v) is 5.09. The minimum Gasteiger partial charge on any atom is -0.405 e. The Bertz CT molecular complexity index is 678. The van der Waals surface area contributed by atoms with Gasteiger partial charge in [-0.3, -0.25) is 0 Å². The highest BCUT2D eigenvalue weighted by molar-refractivity contribution is 9.10. The molecule has 0 bridgehead atoms. The summed E-state index contributed by atoms with van der Waals surface area (Å²) in [4.78, 5) is 0. The standard InChI is InChI=1S/C14H7BrF6O/c15-11-6-5-8(13(16,17)18)7-10(11)9-3-1-2-4-12(9)22-14(19,20)21/h1-7H. The lowest BCUT2D eigenvalue weighted by Gasteiger charge is -2.15. The van der Waals surface area contributed by atoms with Gasteiger partial charge in [0.15, 0.2) is 0 Å². The zero-order valence-electron chi connectivity index (χ0n) is 10.6. The van der Waals surface area contributed by atoms with Gasteiger partial charge in [-0.25, -0.2) is 0 Å². The Morgan fingerprint density at radius 3 is 2.05 bits per heavy atom. The molecule has 0 unspecified atom stereocenters. The van der Waals surface area contributed by atoms with Gasteiger partial charge < -0.3 is 4.74 Å². The highest BCUT2D eigenvalue weighted by atomic mass is 79.9. The van der Waals surface area contributed by atoms with E-state index in [0.717, 1.165) is 24.3 Å². The summed E-state index contributed by atoms with van der Waals surface area (Å²) in [5, 5.41) is 0. The first-order valence-corrected chi connectivity index (χ1v) is 6.59. The number of benzene rings is 2. The van der Waals surface area contributed by atoms with E-state index < -0.39 is 23.9 Å². The van der Waals surface area contributed by atoms with Crippen molar-refractivity contribution in [3.05, 3.63) is 52.5 Å². The molecule has 0 atom stereocenters. The summed E-state index contributed by atoms with van der Waals surface area (Å²) in [6, 6.07) is 7.72. The van der Waals surface area contributed by atoms with E-state index >= 15 is 0 Å². The van der Waals surface area contributed by atoms with Crippen LogP contribution in [0.4, 0.5) is 26.3 Å². The quantitative estimate of drug-likeness (QED) is 0.574. The molecule has 0 N–H and O–H groups in total. The third kappa shape index (κ3) is 3.94. The summed E-state index contributed by atoms with van der Waals surface area (Å²) in [6.45, 7) is 0. The van der Waals surface area contributed by atoms with E-state index in [1.807, 2.05) is 0 Å². The second kappa shape index (κ2) is 5.83. The van der Waals surface area contributed by atoms with Gasteiger partial charge in [0.2, 0.25) is 0 Å². The summed E-state index contributed by atoms with van der Waals surface area (Å²) in [6.07, 6.45) is -9.54. The molecule has 0 radical (unpaired) electrons. The molecule has 2 rings (SSSR count). The van der Waals surface area contributed by atoms with Gasteiger partial charge in [0.1, 0.15) is 5.75 Å². The molecule has 0 saturated heterocycles. The van der Waals surface area contributed by atoms with E-state index in [2.05, 4.69) is 20.7 Å². The summed E-state index contributed by atoms with van der Waals surface area (Å²) in [5.41, 5.74) is -1.11. The van der Waals surface area contributed by atoms with Crippen LogP contribution in [-0.4, -0.2) is 6.36 Å². The maximum Gasteiger partial charge on any atom is 0.573 e. The first-order valence-electron chi connectivity index (χ1n) is 5.80. The average Bonchev–Trinajstić information content (AvgIpc) is 2.37. The van der Waals surface area contributed by atoms with Gasteiger partial charge in [-0.05, 0) is 24.3 Å². The van der Waals surface area contributed by atoms with Crippen molar-refractivity contribution in [1.29, 1.82) is 0 Å². The highest BCUT2D eigenvalue weighted by Crippen LogP contribution is 2.40. The van der Waals surface area contributed by atoms with E-state index in [-0.39, 0.29) is 15.6 Å². The lowest BCUT2D eigenvalue weighted by molar-refractivity contribution is -0.274. The van der Waals surface area contributed by atoms with Crippen LogP contribution >= 0.6 is 15.9 Å². The number of rotatable bonds is 2. The smallest absolute Gasteiger partial charge is 0.405 e. The van der Waals surface area contributed by atoms with Crippen LogP contribution < -0.4 is 4.74 Å². The Balaban J connectivity index is 2.57. The molecule has 2 aromatic carbocycles. The summed E-state index contributed by atoms with van der Waals surface area (Å²) >= 11 is 3.04. The summed E-state index contributed by atoms with van der Waals surface area (Å²) < 4.78 is 79.5. The van der Waals surface area contributed by atoms with Crippen LogP contribution in [0.3, 0.4) is 0 Å².